The van der Waals surface area contributed by atoms with Crippen LogP contribution in [0.3, 0.4) is 0 Å². The Balaban J connectivity index is 1.66. The van der Waals surface area contributed by atoms with Crippen LogP contribution in [0.15, 0.2) is 126 Å². The van der Waals surface area contributed by atoms with Crippen LogP contribution in [0, 0.1) is 0 Å². The quantitative estimate of drug-likeness (QED) is 0.226. The number of rotatable bonds is 2. The molecule has 8 rings (SSSR count). The molecule has 36 heavy (non-hydrogen) atoms. The molecule has 2 aromatic heterocycles. The average Bonchev–Trinajstić information content (AvgIpc) is 3.55. The van der Waals surface area contributed by atoms with E-state index in [9.17, 15) is 0 Å². The van der Waals surface area contributed by atoms with Gasteiger partial charge in [0, 0.05) is 36.7 Å². The van der Waals surface area contributed by atoms with Crippen molar-refractivity contribution in [2.75, 3.05) is 0 Å². The Labute approximate surface area is 211 Å². The summed E-state index contributed by atoms with van der Waals surface area (Å²) in [4.78, 5) is 0. The van der Waals surface area contributed by atoms with Crippen LogP contribution in [0.1, 0.15) is 0 Å². The van der Waals surface area contributed by atoms with Crippen molar-refractivity contribution in [3.63, 3.8) is 0 Å². The summed E-state index contributed by atoms with van der Waals surface area (Å²) in [5.74, 6) is 0. The maximum atomic E-state index is 6.25. The zero-order chi connectivity index (χ0) is 23.6. The lowest BCUT2D eigenvalue weighted by Gasteiger charge is -2.18. The largest absolute Gasteiger partial charge is 0.464 e. The van der Waals surface area contributed by atoms with E-state index in [1.54, 1.807) is 0 Å². The molecule has 0 spiro atoms. The number of furan rings is 1. The molecule has 0 N–H and O–H groups in total. The molecule has 2 heteroatoms. The predicted octanol–water partition coefficient (Wildman–Crippen LogP) is 10.4. The van der Waals surface area contributed by atoms with Crippen LogP contribution in [0.2, 0.25) is 0 Å². The molecule has 0 aliphatic rings. The Morgan fingerprint density at radius 2 is 1.06 bits per heavy atom. The molecule has 0 bridgehead atoms. The van der Waals surface area contributed by atoms with Crippen molar-refractivity contribution in [1.29, 1.82) is 0 Å². The molecule has 0 fully saturated rings. The van der Waals surface area contributed by atoms with Crippen LogP contribution in [-0.4, -0.2) is 0 Å². The van der Waals surface area contributed by atoms with Gasteiger partial charge in [-0.25, -0.2) is 0 Å². The Hall–Kier alpha value is -4.40. The topological polar surface area (TPSA) is 13.1 Å². The van der Waals surface area contributed by atoms with E-state index < -0.39 is 0 Å². The number of benzene rings is 6. The molecule has 2 heterocycles. The van der Waals surface area contributed by atoms with E-state index in [-0.39, 0.29) is 0 Å². The first-order chi connectivity index (χ1) is 17.9. The molecule has 8 aromatic rings. The fourth-order valence-electron chi connectivity index (χ4n) is 5.87. The maximum absolute atomic E-state index is 6.25. The van der Waals surface area contributed by atoms with E-state index >= 15 is 0 Å². The lowest BCUT2D eigenvalue weighted by Crippen LogP contribution is -1.91. The minimum absolute atomic E-state index is 0.953. The van der Waals surface area contributed by atoms with Gasteiger partial charge in [-0.1, -0.05) is 97.1 Å². The predicted molar refractivity (Wildman–Crippen MR) is 155 cm³/mol. The highest BCUT2D eigenvalue weighted by Gasteiger charge is 2.23. The van der Waals surface area contributed by atoms with E-state index in [4.69, 9.17) is 4.42 Å². The van der Waals surface area contributed by atoms with Crippen molar-refractivity contribution in [2.45, 2.75) is 0 Å². The third-order valence-electron chi connectivity index (χ3n) is 7.33. The van der Waals surface area contributed by atoms with Gasteiger partial charge in [-0.05, 0) is 50.9 Å². The summed E-state index contributed by atoms with van der Waals surface area (Å²) in [6.07, 6.45) is 1.82. The second-order valence-corrected chi connectivity index (χ2v) is 10.4. The Kier molecular flexibility index (Phi) is 4.16. The summed E-state index contributed by atoms with van der Waals surface area (Å²) in [5, 5.41) is 8.71. The van der Waals surface area contributed by atoms with Crippen molar-refractivity contribution < 1.29 is 4.42 Å². The van der Waals surface area contributed by atoms with Crippen molar-refractivity contribution in [1.82, 2.24) is 0 Å². The summed E-state index contributed by atoms with van der Waals surface area (Å²) >= 11 is 1.86. The smallest absolute Gasteiger partial charge is 0.142 e. The third kappa shape index (κ3) is 2.71. The van der Waals surface area contributed by atoms with Crippen LogP contribution in [0.4, 0.5) is 0 Å². The summed E-state index contributed by atoms with van der Waals surface area (Å²) < 4.78 is 8.84. The highest BCUT2D eigenvalue weighted by atomic mass is 32.1. The Morgan fingerprint density at radius 3 is 1.75 bits per heavy atom. The fourth-order valence-corrected chi connectivity index (χ4v) is 7.03. The number of thiophene rings is 1. The van der Waals surface area contributed by atoms with Crippen LogP contribution < -0.4 is 0 Å². The lowest BCUT2D eigenvalue weighted by molar-refractivity contribution is 0.617. The minimum Gasteiger partial charge on any atom is -0.464 e. The molecule has 1 nitrogen and oxygen atoms in total. The Bertz CT molecular complexity index is 2040. The molecule has 0 saturated carbocycles. The molecule has 0 aliphatic carbocycles. The number of hydrogen-bond acceptors (Lipinski definition) is 2. The second-order valence-electron chi connectivity index (χ2n) is 9.27. The van der Waals surface area contributed by atoms with Crippen LogP contribution >= 0.6 is 11.3 Å². The van der Waals surface area contributed by atoms with Gasteiger partial charge in [-0.15, -0.1) is 11.3 Å². The van der Waals surface area contributed by atoms with Gasteiger partial charge in [0.05, 0.1) is 6.26 Å². The minimum atomic E-state index is 0.953. The van der Waals surface area contributed by atoms with Crippen molar-refractivity contribution in [3.8, 4) is 22.3 Å². The molecule has 0 atom stereocenters. The van der Waals surface area contributed by atoms with Gasteiger partial charge in [-0.3, -0.25) is 0 Å². The van der Waals surface area contributed by atoms with Gasteiger partial charge in [-0.2, -0.15) is 0 Å². The van der Waals surface area contributed by atoms with Crippen LogP contribution in [0.5, 0.6) is 0 Å². The molecule has 168 valence electrons. The summed E-state index contributed by atoms with van der Waals surface area (Å²) in [5.41, 5.74) is 5.91. The molecular weight excluding hydrogens is 456 g/mol. The Morgan fingerprint density at radius 1 is 0.472 bits per heavy atom. The van der Waals surface area contributed by atoms with E-state index in [0.717, 1.165) is 11.0 Å². The normalized spacial score (nSPS) is 11.9. The van der Waals surface area contributed by atoms with Gasteiger partial charge >= 0.3 is 0 Å². The molecule has 0 saturated heterocycles. The number of hydrogen-bond donors (Lipinski definition) is 0. The fraction of sp³-hybridized carbons (Fsp3) is 0. The maximum Gasteiger partial charge on any atom is 0.142 e. The number of fused-ring (bicyclic) bond motifs is 6. The van der Waals surface area contributed by atoms with Gasteiger partial charge in [0.2, 0.25) is 0 Å². The van der Waals surface area contributed by atoms with Crippen LogP contribution in [0.25, 0.3) is 74.9 Å². The second kappa shape index (κ2) is 7.55. The van der Waals surface area contributed by atoms with Gasteiger partial charge < -0.3 is 4.42 Å². The standard InChI is InChI=1S/C34H20OS/c1-2-10-21(11-3-1)30-23-12-4-6-14-25(23)31(26-15-7-5-13-24(26)30)33-32-27-16-8-9-17-28(27)36-29(32)20-22-18-19-35-34(22)33/h1-20H. The zero-order valence-electron chi connectivity index (χ0n) is 19.4. The molecule has 0 amide bonds. The van der Waals surface area contributed by atoms with E-state index in [1.807, 2.05) is 17.6 Å². The van der Waals surface area contributed by atoms with Gasteiger partial charge in [0.15, 0.2) is 0 Å². The average molecular weight is 477 g/mol. The van der Waals surface area contributed by atoms with E-state index in [0.29, 0.717) is 0 Å². The zero-order valence-corrected chi connectivity index (χ0v) is 20.2. The molecule has 6 aromatic carbocycles. The third-order valence-corrected chi connectivity index (χ3v) is 8.44. The van der Waals surface area contributed by atoms with Gasteiger partial charge in [0.1, 0.15) is 5.58 Å². The summed E-state index contributed by atoms with van der Waals surface area (Å²) in [6.45, 7) is 0. The van der Waals surface area contributed by atoms with Crippen molar-refractivity contribution in [2.24, 2.45) is 0 Å². The molecular formula is C34H20OS. The first-order valence-electron chi connectivity index (χ1n) is 12.2. The highest BCUT2D eigenvalue weighted by molar-refractivity contribution is 7.26. The first kappa shape index (κ1) is 19.9. The lowest BCUT2D eigenvalue weighted by atomic mass is 9.84. The molecule has 0 radical (unpaired) electrons. The molecule has 0 aliphatic heterocycles. The van der Waals surface area contributed by atoms with E-state index in [1.165, 1.54) is 64.0 Å². The SMILES string of the molecule is c1ccc(-c2c3ccccc3c(-c3c4occc4cc4sc5ccccc5c34)c3ccccc23)cc1. The van der Waals surface area contributed by atoms with Gasteiger partial charge in [0.25, 0.3) is 0 Å². The first-order valence-corrected chi connectivity index (χ1v) is 13.0. The van der Waals surface area contributed by atoms with Crippen LogP contribution in [-0.2, 0) is 0 Å². The summed E-state index contributed by atoms with van der Waals surface area (Å²) in [6, 6.07) is 41.5. The van der Waals surface area contributed by atoms with Crippen molar-refractivity contribution in [3.05, 3.63) is 122 Å². The van der Waals surface area contributed by atoms with Crippen molar-refractivity contribution >= 4 is 64.0 Å². The molecule has 0 unspecified atom stereocenters. The highest BCUT2D eigenvalue weighted by Crippen LogP contribution is 2.50. The monoisotopic (exact) mass is 476 g/mol. The van der Waals surface area contributed by atoms with E-state index in [2.05, 4.69) is 115 Å². The summed E-state index contributed by atoms with van der Waals surface area (Å²) in [7, 11) is 0.